The van der Waals surface area contributed by atoms with Gasteiger partial charge in [-0.3, -0.25) is 14.4 Å². The quantitative estimate of drug-likeness (QED) is 0.480. The minimum Gasteiger partial charge on any atom is -0.444 e. The molecule has 10 nitrogen and oxygen atoms in total. The summed E-state index contributed by atoms with van der Waals surface area (Å²) in [5.74, 6) is -0.634. The van der Waals surface area contributed by atoms with E-state index in [4.69, 9.17) is 10.5 Å². The van der Waals surface area contributed by atoms with Crippen molar-refractivity contribution in [2.75, 3.05) is 13.1 Å². The number of ether oxygens (including phenoxy) is 1. The predicted octanol–water partition coefficient (Wildman–Crippen LogP) is 0.465. The number of nitrogens with zero attached hydrogens (tertiary/aromatic N) is 2. The van der Waals surface area contributed by atoms with Crippen LogP contribution in [0.2, 0.25) is 0 Å². The third-order valence-corrected chi connectivity index (χ3v) is 4.69. The van der Waals surface area contributed by atoms with E-state index in [0.29, 0.717) is 32.4 Å². The van der Waals surface area contributed by atoms with E-state index in [9.17, 15) is 19.2 Å². The Labute approximate surface area is 170 Å². The molecule has 2 atom stereocenters. The number of amides is 3. The zero-order chi connectivity index (χ0) is 21.6. The van der Waals surface area contributed by atoms with Gasteiger partial charge >= 0.3 is 12.6 Å². The van der Waals surface area contributed by atoms with Gasteiger partial charge in [-0.05, 0) is 40.0 Å². The monoisotopic (exact) mass is 410 g/mol. The lowest BCUT2D eigenvalue weighted by molar-refractivity contribution is -0.185. The van der Waals surface area contributed by atoms with Gasteiger partial charge in [0.05, 0.1) is 6.04 Å². The molecule has 2 rings (SSSR count). The lowest BCUT2D eigenvalue weighted by atomic mass is 10.0. The number of carbonyl (C=O) groups excluding carboxylic acids is 4. The van der Waals surface area contributed by atoms with E-state index < -0.39 is 17.7 Å². The molecule has 0 aliphatic carbocycles. The Hall–Kier alpha value is -2.62. The number of nitrogens with one attached hydrogen (secondary N) is 1. The molecule has 2 heterocycles. The maximum Gasteiger partial charge on any atom is 0.410 e. The summed E-state index contributed by atoms with van der Waals surface area (Å²) < 4.78 is 5.36. The fourth-order valence-electron chi connectivity index (χ4n) is 3.21. The molecule has 29 heavy (non-hydrogen) atoms. The van der Waals surface area contributed by atoms with Crippen LogP contribution in [0.3, 0.4) is 0 Å². The van der Waals surface area contributed by atoms with Crippen LogP contribution < -0.4 is 11.1 Å². The van der Waals surface area contributed by atoms with E-state index in [1.54, 1.807) is 11.0 Å². The maximum atomic E-state index is 12.3. The second kappa shape index (κ2) is 9.73. The highest BCUT2D eigenvalue weighted by atomic mass is 16.7. The molecule has 0 unspecified atom stereocenters. The highest BCUT2D eigenvalue weighted by Gasteiger charge is 2.32. The van der Waals surface area contributed by atoms with Gasteiger partial charge in [0.15, 0.2) is 0 Å². The largest absolute Gasteiger partial charge is 0.444 e. The molecule has 10 heteroatoms. The Morgan fingerprint density at radius 2 is 1.90 bits per heavy atom. The summed E-state index contributed by atoms with van der Waals surface area (Å²) in [5.41, 5.74) is 5.37. The van der Waals surface area contributed by atoms with Crippen LogP contribution in [0.15, 0.2) is 12.2 Å². The van der Waals surface area contributed by atoms with E-state index >= 15 is 0 Å². The first-order valence-electron chi connectivity index (χ1n) is 9.75. The van der Waals surface area contributed by atoms with Crippen molar-refractivity contribution in [3.8, 4) is 0 Å². The molecule has 0 aromatic heterocycles. The van der Waals surface area contributed by atoms with Crippen molar-refractivity contribution in [2.24, 2.45) is 5.73 Å². The Balaban J connectivity index is 1.78. The summed E-state index contributed by atoms with van der Waals surface area (Å²) in [5, 5.41) is 3.87. The fourth-order valence-corrected chi connectivity index (χ4v) is 3.21. The zero-order valence-corrected chi connectivity index (χ0v) is 17.1. The van der Waals surface area contributed by atoms with Crippen molar-refractivity contribution in [2.45, 2.75) is 70.2 Å². The van der Waals surface area contributed by atoms with Crippen LogP contribution in [0, 0.1) is 0 Å². The van der Waals surface area contributed by atoms with E-state index in [2.05, 4.69) is 10.2 Å². The molecular weight excluding hydrogens is 380 g/mol. The van der Waals surface area contributed by atoms with Crippen LogP contribution in [-0.4, -0.2) is 71.2 Å². The molecule has 0 aromatic rings. The molecule has 0 saturated carbocycles. The van der Waals surface area contributed by atoms with Gasteiger partial charge in [0, 0.05) is 25.6 Å². The molecule has 2 saturated heterocycles. The topological polar surface area (TPSA) is 131 Å². The first-order valence-corrected chi connectivity index (χ1v) is 9.75. The molecule has 2 aliphatic rings. The second-order valence-electron chi connectivity index (χ2n) is 8.19. The SMILES string of the molecule is CC(C)(C)OC(=O)N1CCC(NC(=O)[C@@H](N)/C=C\[C@@H]2CCC(=O)N2OC=O)CC1. The highest BCUT2D eigenvalue weighted by molar-refractivity contribution is 5.84. The average Bonchev–Trinajstić information content (AvgIpc) is 2.99. The minimum absolute atomic E-state index is 0.0800. The van der Waals surface area contributed by atoms with Crippen LogP contribution in [0.5, 0.6) is 0 Å². The van der Waals surface area contributed by atoms with Crippen molar-refractivity contribution in [3.05, 3.63) is 12.2 Å². The van der Waals surface area contributed by atoms with Gasteiger partial charge in [0.2, 0.25) is 5.91 Å². The summed E-state index contributed by atoms with van der Waals surface area (Å²) in [4.78, 5) is 52.8. The van der Waals surface area contributed by atoms with Gasteiger partial charge in [-0.25, -0.2) is 4.79 Å². The number of hydrogen-bond acceptors (Lipinski definition) is 7. The molecule has 0 bridgehead atoms. The summed E-state index contributed by atoms with van der Waals surface area (Å²) in [6.45, 7) is 6.64. The van der Waals surface area contributed by atoms with Gasteiger partial charge < -0.3 is 25.5 Å². The summed E-state index contributed by atoms with van der Waals surface area (Å²) in [6.07, 6.45) is 4.72. The van der Waals surface area contributed by atoms with Crippen LogP contribution in [0.25, 0.3) is 0 Å². The third kappa shape index (κ3) is 6.74. The van der Waals surface area contributed by atoms with Crippen molar-refractivity contribution in [1.29, 1.82) is 0 Å². The molecule has 0 radical (unpaired) electrons. The minimum atomic E-state index is -0.896. The predicted molar refractivity (Wildman–Crippen MR) is 103 cm³/mol. The van der Waals surface area contributed by atoms with Crippen LogP contribution in [0.4, 0.5) is 4.79 Å². The molecule has 3 amide bonds. The molecule has 0 spiro atoms. The number of carbonyl (C=O) groups is 4. The van der Waals surface area contributed by atoms with Crippen molar-refractivity contribution < 1.29 is 28.8 Å². The van der Waals surface area contributed by atoms with E-state index in [0.717, 1.165) is 5.06 Å². The smallest absolute Gasteiger partial charge is 0.410 e. The van der Waals surface area contributed by atoms with Crippen molar-refractivity contribution in [3.63, 3.8) is 0 Å². The highest BCUT2D eigenvalue weighted by Crippen LogP contribution is 2.20. The Morgan fingerprint density at radius 1 is 1.24 bits per heavy atom. The van der Waals surface area contributed by atoms with Crippen LogP contribution in [0.1, 0.15) is 46.5 Å². The summed E-state index contributed by atoms with van der Waals surface area (Å²) in [6, 6.07) is -1.40. The maximum absolute atomic E-state index is 12.3. The van der Waals surface area contributed by atoms with E-state index in [1.165, 1.54) is 6.08 Å². The van der Waals surface area contributed by atoms with Gasteiger partial charge in [0.25, 0.3) is 5.91 Å². The van der Waals surface area contributed by atoms with Gasteiger partial charge in [0.1, 0.15) is 11.6 Å². The summed E-state index contributed by atoms with van der Waals surface area (Å²) >= 11 is 0. The molecule has 2 fully saturated rings. The normalized spacial score (nSPS) is 21.9. The van der Waals surface area contributed by atoms with Crippen LogP contribution >= 0.6 is 0 Å². The Morgan fingerprint density at radius 3 is 2.48 bits per heavy atom. The molecule has 2 aliphatic heterocycles. The lowest BCUT2D eigenvalue weighted by Gasteiger charge is -2.34. The van der Waals surface area contributed by atoms with Crippen LogP contribution in [-0.2, 0) is 24.0 Å². The standard InChI is InChI=1S/C19H30N4O6/c1-19(2,3)29-18(27)22-10-8-13(9-11-22)21-17(26)15(20)6-4-14-5-7-16(25)23(14)28-12-24/h4,6,12-15H,5,7-11,20H2,1-3H3,(H,21,26)/b6-4-/t14-,15+/m1/s1. The molecule has 3 N–H and O–H groups in total. The van der Waals surface area contributed by atoms with Crippen molar-refractivity contribution in [1.82, 2.24) is 15.3 Å². The molecule has 162 valence electrons. The number of rotatable bonds is 6. The van der Waals surface area contributed by atoms with Gasteiger partial charge in [-0.2, -0.15) is 5.06 Å². The molecule has 0 aromatic carbocycles. The number of hydrogen-bond donors (Lipinski definition) is 2. The Kier molecular flexibility index (Phi) is 7.60. The van der Waals surface area contributed by atoms with E-state index in [1.807, 2.05) is 20.8 Å². The number of hydroxylamine groups is 2. The van der Waals surface area contributed by atoms with Gasteiger partial charge in [-0.15, -0.1) is 0 Å². The number of piperidine rings is 1. The van der Waals surface area contributed by atoms with E-state index in [-0.39, 0.29) is 36.8 Å². The fraction of sp³-hybridized carbons (Fsp3) is 0.684. The van der Waals surface area contributed by atoms with Gasteiger partial charge in [-0.1, -0.05) is 12.2 Å². The summed E-state index contributed by atoms with van der Waals surface area (Å²) in [7, 11) is 0. The lowest BCUT2D eigenvalue weighted by Crippen LogP contribution is -2.50. The van der Waals surface area contributed by atoms with Crippen molar-refractivity contribution >= 4 is 24.4 Å². The first-order chi connectivity index (χ1) is 13.6. The molecular formula is C19H30N4O6. The Bertz CT molecular complexity index is 652. The number of nitrogens with two attached hydrogens (primary N) is 1. The average molecular weight is 410 g/mol. The number of likely N-dealkylation sites (tertiary alicyclic amines) is 1. The zero-order valence-electron chi connectivity index (χ0n) is 17.1. The third-order valence-electron chi connectivity index (χ3n) is 4.69. The second-order valence-corrected chi connectivity index (χ2v) is 8.19. The first kappa shape index (κ1) is 22.7.